The third kappa shape index (κ3) is 5.50. The summed E-state index contributed by atoms with van der Waals surface area (Å²) in [6, 6.07) is 11.3. The van der Waals surface area contributed by atoms with E-state index in [2.05, 4.69) is 15.6 Å². The molecule has 0 aliphatic carbocycles. The molecule has 1 aliphatic rings. The highest BCUT2D eigenvalue weighted by molar-refractivity contribution is 6.41. The van der Waals surface area contributed by atoms with Crippen LogP contribution in [0, 0.1) is 0 Å². The van der Waals surface area contributed by atoms with E-state index in [0.29, 0.717) is 68.9 Å². The number of anilines is 3. The van der Waals surface area contributed by atoms with Gasteiger partial charge >= 0.3 is 0 Å². The second-order valence-corrected chi connectivity index (χ2v) is 9.68. The molecule has 38 heavy (non-hydrogen) atoms. The number of halogens is 2. The monoisotopic (exact) mass is 554 g/mol. The van der Waals surface area contributed by atoms with Gasteiger partial charge in [0.05, 0.1) is 42.6 Å². The fourth-order valence-corrected chi connectivity index (χ4v) is 5.09. The van der Waals surface area contributed by atoms with Crippen molar-refractivity contribution in [3.63, 3.8) is 0 Å². The molecule has 9 nitrogen and oxygen atoms in total. The molecule has 4 aromatic rings. The minimum absolute atomic E-state index is 0.152. The van der Waals surface area contributed by atoms with Crippen LogP contribution < -0.4 is 25.8 Å². The van der Waals surface area contributed by atoms with E-state index in [4.69, 9.17) is 53.1 Å². The summed E-state index contributed by atoms with van der Waals surface area (Å²) in [5, 5.41) is 8.19. The lowest BCUT2D eigenvalue weighted by atomic mass is 10.1. The molecule has 11 heteroatoms. The zero-order chi connectivity index (χ0) is 26.6. The van der Waals surface area contributed by atoms with Crippen LogP contribution in [0.1, 0.15) is 18.4 Å². The van der Waals surface area contributed by atoms with Gasteiger partial charge in [0.1, 0.15) is 17.0 Å². The number of fused-ring (bicyclic) bond motifs is 1. The smallest absolute Gasteiger partial charge is 0.223 e. The molecule has 2 aromatic heterocycles. The Bertz CT molecular complexity index is 1430. The molecular formula is C27H28Cl2N6O3. The molecule has 0 radical (unpaired) electrons. The Kier molecular flexibility index (Phi) is 7.87. The Morgan fingerprint density at radius 2 is 1.87 bits per heavy atom. The van der Waals surface area contributed by atoms with Crippen molar-refractivity contribution in [1.82, 2.24) is 15.0 Å². The van der Waals surface area contributed by atoms with Crippen LogP contribution in [0.15, 0.2) is 42.6 Å². The summed E-state index contributed by atoms with van der Waals surface area (Å²) in [6.45, 7) is 1.87. The van der Waals surface area contributed by atoms with Gasteiger partial charge in [0.25, 0.3) is 0 Å². The molecule has 198 valence electrons. The maximum atomic E-state index is 6.71. The Labute approximate surface area is 230 Å². The third-order valence-electron chi connectivity index (χ3n) is 6.30. The van der Waals surface area contributed by atoms with Crippen LogP contribution in [-0.4, -0.2) is 48.4 Å². The first kappa shape index (κ1) is 26.1. The maximum Gasteiger partial charge on any atom is 0.223 e. The van der Waals surface area contributed by atoms with E-state index >= 15 is 0 Å². The minimum Gasteiger partial charge on any atom is -0.495 e. The van der Waals surface area contributed by atoms with Crippen molar-refractivity contribution in [3.8, 4) is 22.8 Å². The fraction of sp³-hybridized carbons (Fsp3) is 0.296. The molecule has 0 bridgehead atoms. The van der Waals surface area contributed by atoms with Crippen LogP contribution in [0.5, 0.6) is 11.5 Å². The van der Waals surface area contributed by atoms with Gasteiger partial charge in [-0.3, -0.25) is 0 Å². The predicted molar refractivity (Wildman–Crippen MR) is 152 cm³/mol. The molecule has 3 heterocycles. The zero-order valence-corrected chi connectivity index (χ0v) is 22.6. The molecule has 0 saturated carbocycles. The number of pyridine rings is 1. The number of nitrogen functional groups attached to an aromatic ring is 1. The van der Waals surface area contributed by atoms with E-state index < -0.39 is 0 Å². The molecule has 1 atom stereocenters. The molecule has 0 amide bonds. The summed E-state index contributed by atoms with van der Waals surface area (Å²) in [7, 11) is 3.06. The second-order valence-electron chi connectivity index (χ2n) is 8.93. The number of ether oxygens (including phenoxy) is 3. The van der Waals surface area contributed by atoms with Crippen molar-refractivity contribution in [3.05, 3.63) is 58.2 Å². The molecule has 1 saturated heterocycles. The van der Waals surface area contributed by atoms with Crippen molar-refractivity contribution in [1.29, 1.82) is 0 Å². The lowest BCUT2D eigenvalue weighted by Gasteiger charge is -2.23. The molecule has 0 spiro atoms. The normalized spacial score (nSPS) is 15.3. The van der Waals surface area contributed by atoms with Crippen molar-refractivity contribution >= 4 is 51.6 Å². The van der Waals surface area contributed by atoms with Gasteiger partial charge in [0.15, 0.2) is 5.82 Å². The highest BCUT2D eigenvalue weighted by Crippen LogP contribution is 2.46. The average Bonchev–Trinajstić information content (AvgIpc) is 2.93. The topological polar surface area (TPSA) is 116 Å². The fourth-order valence-electron chi connectivity index (χ4n) is 4.40. The van der Waals surface area contributed by atoms with E-state index in [1.54, 1.807) is 12.3 Å². The summed E-state index contributed by atoms with van der Waals surface area (Å²) < 4.78 is 16.5. The van der Waals surface area contributed by atoms with Gasteiger partial charge in [-0.1, -0.05) is 35.3 Å². The molecule has 2 aromatic carbocycles. The number of nitrogens with zero attached hydrogens (tertiary/aromatic N) is 3. The van der Waals surface area contributed by atoms with Crippen LogP contribution >= 0.6 is 23.2 Å². The lowest BCUT2D eigenvalue weighted by molar-refractivity contribution is 0.0874. The number of methoxy groups -OCH3 is 2. The first-order valence-corrected chi connectivity index (χ1v) is 12.9. The number of nitrogens with one attached hydrogen (secondary N) is 2. The Hall–Kier alpha value is -3.53. The highest BCUT2D eigenvalue weighted by atomic mass is 35.5. The average molecular weight is 555 g/mol. The molecule has 0 unspecified atom stereocenters. The molecule has 5 rings (SSSR count). The van der Waals surface area contributed by atoms with E-state index in [1.807, 2.05) is 30.3 Å². The minimum atomic E-state index is 0.152. The summed E-state index contributed by atoms with van der Waals surface area (Å²) in [5.74, 6) is 1.89. The first-order valence-electron chi connectivity index (χ1n) is 12.2. The van der Waals surface area contributed by atoms with E-state index in [-0.39, 0.29) is 6.04 Å². The van der Waals surface area contributed by atoms with Crippen LogP contribution in [0.3, 0.4) is 0 Å². The van der Waals surface area contributed by atoms with Crippen LogP contribution in [-0.2, 0) is 11.3 Å². The van der Waals surface area contributed by atoms with Gasteiger partial charge in [0.2, 0.25) is 5.95 Å². The third-order valence-corrected chi connectivity index (χ3v) is 7.05. The van der Waals surface area contributed by atoms with Crippen molar-refractivity contribution in [2.45, 2.75) is 25.4 Å². The Morgan fingerprint density at radius 1 is 1.08 bits per heavy atom. The first-order chi connectivity index (χ1) is 18.5. The molecular weight excluding hydrogens is 527 g/mol. The number of aromatic nitrogens is 3. The summed E-state index contributed by atoms with van der Waals surface area (Å²) in [6.07, 6.45) is 3.74. The van der Waals surface area contributed by atoms with Crippen molar-refractivity contribution < 1.29 is 14.2 Å². The number of rotatable bonds is 8. The van der Waals surface area contributed by atoms with Gasteiger partial charge in [-0.2, -0.15) is 0 Å². The predicted octanol–water partition coefficient (Wildman–Crippen LogP) is 5.80. The molecule has 1 fully saturated rings. The number of benzene rings is 2. The molecule has 4 N–H and O–H groups in total. The van der Waals surface area contributed by atoms with Crippen molar-refractivity contribution in [2.24, 2.45) is 0 Å². The van der Waals surface area contributed by atoms with E-state index in [9.17, 15) is 0 Å². The number of hydrogen-bond donors (Lipinski definition) is 3. The van der Waals surface area contributed by atoms with E-state index in [0.717, 1.165) is 30.4 Å². The summed E-state index contributed by atoms with van der Waals surface area (Å²) in [5.41, 5.74) is 9.31. The van der Waals surface area contributed by atoms with Gasteiger partial charge in [-0.15, -0.1) is 0 Å². The zero-order valence-electron chi connectivity index (χ0n) is 21.1. The summed E-state index contributed by atoms with van der Waals surface area (Å²) in [4.78, 5) is 14.3. The van der Waals surface area contributed by atoms with Gasteiger partial charge in [-0.25, -0.2) is 15.0 Å². The highest BCUT2D eigenvalue weighted by Gasteiger charge is 2.22. The van der Waals surface area contributed by atoms with Gasteiger partial charge < -0.3 is 30.6 Å². The molecule has 1 aliphatic heterocycles. The standard InChI is InChI=1S/C27H28Cl2N6O3/c1-36-20-11-21(37-2)24(29)22(23(20)28)19-10-16-13-32-27(33-18-7-4-8-38-14-18)35-25(16)26(34-19)31-12-15-5-3-6-17(30)9-15/h3,5-6,9-11,13,18H,4,7-8,12,14,30H2,1-2H3,(H,31,34)(H,32,33,35)/t18-/m0/s1. The van der Waals surface area contributed by atoms with E-state index in [1.165, 1.54) is 14.2 Å². The maximum absolute atomic E-state index is 6.71. The number of nitrogens with two attached hydrogens (primary N) is 1. The lowest BCUT2D eigenvalue weighted by Crippen LogP contribution is -2.30. The second kappa shape index (κ2) is 11.5. The Balaban J connectivity index is 1.60. The SMILES string of the molecule is COc1cc(OC)c(Cl)c(-c2cc3cnc(N[C@H]4CCCOC4)nc3c(NCc3cccc(N)c3)n2)c1Cl. The largest absolute Gasteiger partial charge is 0.495 e. The van der Waals surface area contributed by atoms with Crippen LogP contribution in [0.2, 0.25) is 10.0 Å². The van der Waals surface area contributed by atoms with Crippen molar-refractivity contribution in [2.75, 3.05) is 43.8 Å². The summed E-state index contributed by atoms with van der Waals surface area (Å²) >= 11 is 13.4. The van der Waals surface area contributed by atoms with Crippen LogP contribution in [0.25, 0.3) is 22.2 Å². The number of hydrogen-bond acceptors (Lipinski definition) is 9. The van der Waals surface area contributed by atoms with Gasteiger partial charge in [0, 0.05) is 42.1 Å². The Morgan fingerprint density at radius 3 is 2.55 bits per heavy atom. The quantitative estimate of drug-likeness (QED) is 0.232. The van der Waals surface area contributed by atoms with Gasteiger partial charge in [-0.05, 0) is 36.6 Å². The van der Waals surface area contributed by atoms with Crippen LogP contribution in [0.4, 0.5) is 17.5 Å².